The number of nitrogens with zero attached hydrogens (tertiary/aromatic N) is 4. The molecule has 2 aromatic heterocycles. The summed E-state index contributed by atoms with van der Waals surface area (Å²) < 4.78 is 1.01. The van der Waals surface area contributed by atoms with Gasteiger partial charge >= 0.3 is 0 Å². The van der Waals surface area contributed by atoms with Crippen molar-refractivity contribution in [2.75, 3.05) is 24.3 Å². The topological polar surface area (TPSA) is 53.9 Å². The van der Waals surface area contributed by atoms with Crippen LogP contribution in [0.5, 0.6) is 0 Å². The smallest absolute Gasteiger partial charge is 0.166 e. The summed E-state index contributed by atoms with van der Waals surface area (Å²) in [6, 6.07) is 11.9. The number of rotatable bonds is 3. The molecule has 2 heterocycles. The first-order valence-electron chi connectivity index (χ1n) is 6.45. The Morgan fingerprint density at radius 2 is 1.95 bits per heavy atom. The number of benzene rings is 1. The van der Waals surface area contributed by atoms with Crippen LogP contribution in [0.2, 0.25) is 0 Å². The zero-order valence-corrected chi connectivity index (χ0v) is 13.3. The molecule has 0 saturated heterocycles. The molecule has 0 saturated carbocycles. The maximum atomic E-state index is 4.52. The van der Waals surface area contributed by atoms with E-state index in [0.717, 1.165) is 27.2 Å². The maximum absolute atomic E-state index is 4.52. The van der Waals surface area contributed by atoms with Gasteiger partial charge in [-0.15, -0.1) is 0 Å². The van der Waals surface area contributed by atoms with Crippen molar-refractivity contribution in [2.45, 2.75) is 0 Å². The van der Waals surface area contributed by atoms with E-state index < -0.39 is 0 Å². The minimum Gasteiger partial charge on any atom is -0.363 e. The fraction of sp³-hybridized carbons (Fsp3) is 0.133. The van der Waals surface area contributed by atoms with Crippen molar-refractivity contribution in [1.29, 1.82) is 0 Å². The highest BCUT2D eigenvalue weighted by atomic mass is 79.9. The minimum atomic E-state index is 0.675. The second kappa shape index (κ2) is 5.65. The molecule has 3 aromatic rings. The number of aromatic nitrogens is 3. The number of pyridine rings is 1. The van der Waals surface area contributed by atoms with Crippen molar-refractivity contribution in [2.24, 2.45) is 0 Å². The molecule has 21 heavy (non-hydrogen) atoms. The summed E-state index contributed by atoms with van der Waals surface area (Å²) in [6.07, 6.45) is 1.52. The molecule has 6 heteroatoms. The van der Waals surface area contributed by atoms with Crippen LogP contribution in [0.1, 0.15) is 0 Å². The lowest BCUT2D eigenvalue weighted by Crippen LogP contribution is -2.10. The number of fused-ring (bicyclic) bond motifs is 1. The molecule has 0 amide bonds. The van der Waals surface area contributed by atoms with Gasteiger partial charge in [0.2, 0.25) is 0 Å². The highest BCUT2D eigenvalue weighted by Crippen LogP contribution is 2.25. The number of halogens is 1. The summed E-state index contributed by atoms with van der Waals surface area (Å²) in [4.78, 5) is 15.0. The largest absolute Gasteiger partial charge is 0.363 e. The lowest BCUT2D eigenvalue weighted by molar-refractivity contribution is 1.07. The van der Waals surface area contributed by atoms with Gasteiger partial charge in [0.15, 0.2) is 5.65 Å². The molecular weight excluding hydrogens is 330 g/mol. The van der Waals surface area contributed by atoms with E-state index in [1.54, 1.807) is 0 Å². The van der Waals surface area contributed by atoms with E-state index in [4.69, 9.17) is 0 Å². The lowest BCUT2D eigenvalue weighted by Gasteiger charge is -2.12. The summed E-state index contributed by atoms with van der Waals surface area (Å²) in [5.74, 6) is 1.62. The van der Waals surface area contributed by atoms with Crippen molar-refractivity contribution in [3.8, 4) is 0 Å². The minimum absolute atomic E-state index is 0.675. The predicted molar refractivity (Wildman–Crippen MR) is 89.1 cm³/mol. The molecule has 0 aliphatic carbocycles. The first-order valence-corrected chi connectivity index (χ1v) is 7.24. The fourth-order valence-corrected chi connectivity index (χ4v) is 2.38. The molecule has 0 radical (unpaired) electrons. The van der Waals surface area contributed by atoms with E-state index in [1.165, 1.54) is 6.33 Å². The molecular formula is C15H14BrN5. The molecule has 106 valence electrons. The Morgan fingerprint density at radius 1 is 1.10 bits per heavy atom. The first kappa shape index (κ1) is 13.8. The van der Waals surface area contributed by atoms with E-state index in [0.29, 0.717) is 5.65 Å². The highest BCUT2D eigenvalue weighted by molar-refractivity contribution is 9.10. The van der Waals surface area contributed by atoms with E-state index in [2.05, 4.69) is 36.2 Å². The van der Waals surface area contributed by atoms with Crippen LogP contribution < -0.4 is 10.2 Å². The van der Waals surface area contributed by atoms with Gasteiger partial charge in [0, 0.05) is 24.3 Å². The Morgan fingerprint density at radius 3 is 2.71 bits per heavy atom. The summed E-state index contributed by atoms with van der Waals surface area (Å²) in [6.45, 7) is 0. The van der Waals surface area contributed by atoms with Crippen molar-refractivity contribution in [1.82, 2.24) is 15.0 Å². The SMILES string of the molecule is CN(C)c1ccc2c(Nc3cccc(Br)c3)ncnc2n1. The molecule has 1 aromatic carbocycles. The summed E-state index contributed by atoms with van der Waals surface area (Å²) in [7, 11) is 3.91. The van der Waals surface area contributed by atoms with Gasteiger partial charge in [0.05, 0.1) is 5.39 Å². The van der Waals surface area contributed by atoms with Crippen molar-refractivity contribution < 1.29 is 0 Å². The maximum Gasteiger partial charge on any atom is 0.166 e. The molecule has 0 aliphatic heterocycles. The molecule has 0 spiro atoms. The Hall–Kier alpha value is -2.21. The first-order chi connectivity index (χ1) is 10.1. The van der Waals surface area contributed by atoms with Gasteiger partial charge in [-0.05, 0) is 30.3 Å². The van der Waals surface area contributed by atoms with Crippen LogP contribution in [0.3, 0.4) is 0 Å². The number of nitrogens with one attached hydrogen (secondary N) is 1. The van der Waals surface area contributed by atoms with Gasteiger partial charge in [-0.3, -0.25) is 0 Å². The average molecular weight is 344 g/mol. The van der Waals surface area contributed by atoms with Crippen molar-refractivity contribution in [3.05, 3.63) is 47.2 Å². The van der Waals surface area contributed by atoms with Gasteiger partial charge in [-0.2, -0.15) is 0 Å². The zero-order valence-electron chi connectivity index (χ0n) is 11.7. The standard InChI is InChI=1S/C15H14BrN5/c1-21(2)13-7-6-12-14(17-9-18-15(12)20-13)19-11-5-3-4-10(16)8-11/h3-9H,1-2H3,(H,17,18,19,20). The Bertz CT molecular complexity index is 788. The summed E-state index contributed by atoms with van der Waals surface area (Å²) >= 11 is 3.46. The van der Waals surface area contributed by atoms with Crippen molar-refractivity contribution >= 4 is 44.3 Å². The number of hydrogen-bond donors (Lipinski definition) is 1. The normalized spacial score (nSPS) is 10.6. The molecule has 3 rings (SSSR count). The van der Waals surface area contributed by atoms with Crippen molar-refractivity contribution in [3.63, 3.8) is 0 Å². The predicted octanol–water partition coefficient (Wildman–Crippen LogP) is 3.60. The Balaban J connectivity index is 2.03. The van der Waals surface area contributed by atoms with E-state index in [9.17, 15) is 0 Å². The van der Waals surface area contributed by atoms with E-state index >= 15 is 0 Å². The molecule has 1 N–H and O–H groups in total. The average Bonchev–Trinajstić information content (AvgIpc) is 2.47. The van der Waals surface area contributed by atoms with Crippen LogP contribution >= 0.6 is 15.9 Å². The van der Waals surface area contributed by atoms with Crippen LogP contribution in [0, 0.1) is 0 Å². The van der Waals surface area contributed by atoms with Gasteiger partial charge < -0.3 is 10.2 Å². The second-order valence-electron chi connectivity index (χ2n) is 4.79. The van der Waals surface area contributed by atoms with E-state index in [1.807, 2.05) is 55.4 Å². The van der Waals surface area contributed by atoms with Crippen LogP contribution in [0.15, 0.2) is 47.2 Å². The van der Waals surface area contributed by atoms with Crippen LogP contribution in [-0.2, 0) is 0 Å². The molecule has 0 bridgehead atoms. The van der Waals surface area contributed by atoms with Gasteiger partial charge in [-0.1, -0.05) is 22.0 Å². The Labute approximate surface area is 131 Å². The van der Waals surface area contributed by atoms with Gasteiger partial charge in [-0.25, -0.2) is 15.0 Å². The third kappa shape index (κ3) is 2.95. The number of hydrogen-bond acceptors (Lipinski definition) is 5. The molecule has 0 fully saturated rings. The van der Waals surface area contributed by atoms with E-state index in [-0.39, 0.29) is 0 Å². The number of anilines is 3. The quantitative estimate of drug-likeness (QED) is 0.787. The highest BCUT2D eigenvalue weighted by Gasteiger charge is 2.07. The Kier molecular flexibility index (Phi) is 3.70. The monoisotopic (exact) mass is 343 g/mol. The molecule has 0 atom stereocenters. The molecule has 0 aliphatic rings. The molecule has 5 nitrogen and oxygen atoms in total. The summed E-state index contributed by atoms with van der Waals surface area (Å²) in [5.41, 5.74) is 1.63. The van der Waals surface area contributed by atoms with Crippen LogP contribution in [0.4, 0.5) is 17.3 Å². The van der Waals surface area contributed by atoms with Crippen LogP contribution in [-0.4, -0.2) is 29.0 Å². The van der Waals surface area contributed by atoms with Gasteiger partial charge in [0.1, 0.15) is 18.0 Å². The summed E-state index contributed by atoms with van der Waals surface area (Å²) in [5, 5.41) is 4.19. The van der Waals surface area contributed by atoms with Crippen LogP contribution in [0.25, 0.3) is 11.0 Å². The molecule has 0 unspecified atom stereocenters. The second-order valence-corrected chi connectivity index (χ2v) is 5.71. The lowest BCUT2D eigenvalue weighted by atomic mass is 10.2. The van der Waals surface area contributed by atoms with Gasteiger partial charge in [0.25, 0.3) is 0 Å². The third-order valence-corrected chi connectivity index (χ3v) is 3.52. The fourth-order valence-electron chi connectivity index (χ4n) is 1.98. The third-order valence-electron chi connectivity index (χ3n) is 3.03. The zero-order chi connectivity index (χ0) is 14.8.